The highest BCUT2D eigenvalue weighted by Gasteiger charge is 2.39. The van der Waals surface area contributed by atoms with Crippen LogP contribution in [-0.2, 0) is 0 Å². The fourth-order valence-electron chi connectivity index (χ4n) is 4.67. The van der Waals surface area contributed by atoms with Gasteiger partial charge in [-0.1, -0.05) is 25.7 Å². The van der Waals surface area contributed by atoms with Crippen molar-refractivity contribution >= 4 is 6.03 Å². The standard InChI is InChI=1S/C18H33N3O2/c22-16-8-7-11-20(14-16)17(23)19-15-18(9-3-1-4-10-18)21-12-5-2-6-13-21/h16,22H,1-15H2,(H,19,23). The van der Waals surface area contributed by atoms with Crippen LogP contribution in [0, 0.1) is 0 Å². The van der Waals surface area contributed by atoms with E-state index in [1.165, 1.54) is 64.5 Å². The molecule has 132 valence electrons. The molecule has 0 spiro atoms. The Morgan fingerprint density at radius 1 is 1.00 bits per heavy atom. The van der Waals surface area contributed by atoms with E-state index in [9.17, 15) is 9.90 Å². The number of hydrogen-bond acceptors (Lipinski definition) is 3. The summed E-state index contributed by atoms with van der Waals surface area (Å²) in [5.41, 5.74) is 0.183. The van der Waals surface area contributed by atoms with Crippen LogP contribution in [0.5, 0.6) is 0 Å². The molecule has 5 heteroatoms. The third kappa shape index (κ3) is 4.18. The third-order valence-corrected chi connectivity index (χ3v) is 6.06. The SMILES string of the molecule is O=C(NCC1(N2CCCCC2)CCCCC1)N1CCCC(O)C1. The van der Waals surface area contributed by atoms with Crippen molar-refractivity contribution in [1.82, 2.24) is 15.1 Å². The quantitative estimate of drug-likeness (QED) is 0.838. The van der Waals surface area contributed by atoms with Crippen LogP contribution in [0.3, 0.4) is 0 Å². The van der Waals surface area contributed by atoms with E-state index in [1.54, 1.807) is 4.90 Å². The highest BCUT2D eigenvalue weighted by molar-refractivity contribution is 5.74. The number of likely N-dealkylation sites (tertiary alicyclic amines) is 2. The first-order valence-corrected chi connectivity index (χ1v) is 9.66. The van der Waals surface area contributed by atoms with Gasteiger partial charge in [-0.2, -0.15) is 0 Å². The maximum Gasteiger partial charge on any atom is 0.317 e. The smallest absolute Gasteiger partial charge is 0.317 e. The Bertz CT molecular complexity index is 390. The normalized spacial score (nSPS) is 29.3. The molecule has 2 amide bonds. The summed E-state index contributed by atoms with van der Waals surface area (Å²) in [5.74, 6) is 0. The molecule has 3 fully saturated rings. The predicted octanol–water partition coefficient (Wildman–Crippen LogP) is 2.34. The highest BCUT2D eigenvalue weighted by atomic mass is 16.3. The summed E-state index contributed by atoms with van der Waals surface area (Å²) in [7, 11) is 0. The summed E-state index contributed by atoms with van der Waals surface area (Å²) in [6.07, 6.45) is 11.7. The molecule has 2 heterocycles. The van der Waals surface area contributed by atoms with Gasteiger partial charge in [0.2, 0.25) is 0 Å². The van der Waals surface area contributed by atoms with Crippen molar-refractivity contribution in [3.05, 3.63) is 0 Å². The first-order valence-electron chi connectivity index (χ1n) is 9.66. The number of aliphatic hydroxyl groups is 1. The molecule has 2 N–H and O–H groups in total. The Balaban J connectivity index is 1.58. The number of β-amino-alcohol motifs (C(OH)–C–C–N with tert-alkyl or cyclic N) is 1. The van der Waals surface area contributed by atoms with Crippen molar-refractivity contribution in [1.29, 1.82) is 0 Å². The molecular weight excluding hydrogens is 290 g/mol. The number of hydrogen-bond donors (Lipinski definition) is 2. The zero-order chi connectivity index (χ0) is 16.1. The topological polar surface area (TPSA) is 55.8 Å². The summed E-state index contributed by atoms with van der Waals surface area (Å²) in [4.78, 5) is 17.0. The van der Waals surface area contributed by atoms with Gasteiger partial charge in [-0.25, -0.2) is 4.79 Å². The van der Waals surface area contributed by atoms with E-state index in [-0.39, 0.29) is 17.7 Å². The van der Waals surface area contributed by atoms with Crippen molar-refractivity contribution in [2.75, 3.05) is 32.7 Å². The van der Waals surface area contributed by atoms with E-state index < -0.39 is 0 Å². The Morgan fingerprint density at radius 2 is 1.70 bits per heavy atom. The summed E-state index contributed by atoms with van der Waals surface area (Å²) >= 11 is 0. The lowest BCUT2D eigenvalue weighted by molar-refractivity contribution is 0.0326. The molecular formula is C18H33N3O2. The summed E-state index contributed by atoms with van der Waals surface area (Å²) in [5, 5.41) is 13.0. The second-order valence-electron chi connectivity index (χ2n) is 7.73. The van der Waals surface area contributed by atoms with Crippen molar-refractivity contribution in [2.45, 2.75) is 75.9 Å². The van der Waals surface area contributed by atoms with Crippen LogP contribution in [-0.4, -0.2) is 65.3 Å². The zero-order valence-corrected chi connectivity index (χ0v) is 14.4. The average molecular weight is 323 g/mol. The number of rotatable bonds is 3. The molecule has 5 nitrogen and oxygen atoms in total. The Morgan fingerprint density at radius 3 is 2.39 bits per heavy atom. The van der Waals surface area contributed by atoms with E-state index in [0.29, 0.717) is 6.54 Å². The fraction of sp³-hybridized carbons (Fsp3) is 0.944. The number of amides is 2. The van der Waals surface area contributed by atoms with E-state index in [4.69, 9.17) is 0 Å². The summed E-state index contributed by atoms with van der Waals surface area (Å²) < 4.78 is 0. The number of piperidine rings is 2. The second kappa shape index (κ2) is 7.84. The largest absolute Gasteiger partial charge is 0.391 e. The van der Waals surface area contributed by atoms with Gasteiger partial charge >= 0.3 is 6.03 Å². The molecule has 2 saturated heterocycles. The Hall–Kier alpha value is -0.810. The van der Waals surface area contributed by atoms with Gasteiger partial charge in [0.25, 0.3) is 0 Å². The molecule has 3 aliphatic rings. The first-order chi connectivity index (χ1) is 11.2. The maximum atomic E-state index is 12.5. The molecule has 0 aromatic carbocycles. The number of nitrogens with zero attached hydrogens (tertiary/aromatic N) is 2. The second-order valence-corrected chi connectivity index (χ2v) is 7.73. The van der Waals surface area contributed by atoms with Crippen LogP contribution >= 0.6 is 0 Å². The van der Waals surface area contributed by atoms with Crippen LogP contribution in [0.2, 0.25) is 0 Å². The molecule has 1 saturated carbocycles. The summed E-state index contributed by atoms with van der Waals surface area (Å²) in [6, 6.07) is 0.0192. The van der Waals surface area contributed by atoms with Crippen molar-refractivity contribution in [3.8, 4) is 0 Å². The molecule has 0 bridgehead atoms. The lowest BCUT2D eigenvalue weighted by atomic mass is 9.79. The molecule has 3 rings (SSSR count). The van der Waals surface area contributed by atoms with Crippen LogP contribution in [0.1, 0.15) is 64.2 Å². The van der Waals surface area contributed by atoms with E-state index >= 15 is 0 Å². The minimum Gasteiger partial charge on any atom is -0.391 e. The number of nitrogens with one attached hydrogen (secondary N) is 1. The minimum absolute atomic E-state index is 0.0192. The first kappa shape index (κ1) is 17.0. The van der Waals surface area contributed by atoms with E-state index in [2.05, 4.69) is 10.2 Å². The fourth-order valence-corrected chi connectivity index (χ4v) is 4.67. The summed E-state index contributed by atoms with van der Waals surface area (Å²) in [6.45, 7) is 4.43. The van der Waals surface area contributed by atoms with Crippen LogP contribution < -0.4 is 5.32 Å². The third-order valence-electron chi connectivity index (χ3n) is 6.06. The van der Waals surface area contributed by atoms with E-state index in [1.807, 2.05) is 0 Å². The lowest BCUT2D eigenvalue weighted by Gasteiger charge is -2.48. The number of aliphatic hydroxyl groups excluding tert-OH is 1. The predicted molar refractivity (Wildman–Crippen MR) is 91.5 cm³/mol. The molecule has 1 aliphatic carbocycles. The molecule has 0 aromatic heterocycles. The number of urea groups is 1. The molecule has 0 radical (unpaired) electrons. The van der Waals surface area contributed by atoms with Gasteiger partial charge in [-0.05, 0) is 51.6 Å². The maximum absolute atomic E-state index is 12.5. The minimum atomic E-state index is -0.347. The molecule has 1 atom stereocenters. The Kier molecular flexibility index (Phi) is 5.81. The van der Waals surface area contributed by atoms with Crippen LogP contribution in [0.4, 0.5) is 4.79 Å². The van der Waals surface area contributed by atoms with Gasteiger partial charge in [0.1, 0.15) is 0 Å². The van der Waals surface area contributed by atoms with Crippen molar-refractivity contribution in [3.63, 3.8) is 0 Å². The molecule has 2 aliphatic heterocycles. The molecule has 1 unspecified atom stereocenters. The van der Waals surface area contributed by atoms with Crippen LogP contribution in [0.25, 0.3) is 0 Å². The lowest BCUT2D eigenvalue weighted by Crippen LogP contribution is -2.59. The van der Waals surface area contributed by atoms with Gasteiger partial charge < -0.3 is 15.3 Å². The molecule has 23 heavy (non-hydrogen) atoms. The van der Waals surface area contributed by atoms with Crippen molar-refractivity contribution < 1.29 is 9.90 Å². The monoisotopic (exact) mass is 323 g/mol. The van der Waals surface area contributed by atoms with Gasteiger partial charge in [0.15, 0.2) is 0 Å². The average Bonchev–Trinajstić information content (AvgIpc) is 2.61. The molecule has 0 aromatic rings. The van der Waals surface area contributed by atoms with E-state index in [0.717, 1.165) is 25.9 Å². The van der Waals surface area contributed by atoms with Gasteiger partial charge in [0.05, 0.1) is 6.10 Å². The highest BCUT2D eigenvalue weighted by Crippen LogP contribution is 2.35. The van der Waals surface area contributed by atoms with Gasteiger partial charge in [-0.3, -0.25) is 4.90 Å². The zero-order valence-electron chi connectivity index (χ0n) is 14.4. The Labute approximate surface area is 140 Å². The van der Waals surface area contributed by atoms with Crippen molar-refractivity contribution in [2.24, 2.45) is 0 Å². The van der Waals surface area contributed by atoms with Crippen LogP contribution in [0.15, 0.2) is 0 Å². The number of carbonyl (C=O) groups excluding carboxylic acids is 1. The van der Waals surface area contributed by atoms with Gasteiger partial charge in [-0.15, -0.1) is 0 Å². The number of carbonyl (C=O) groups is 1. The van der Waals surface area contributed by atoms with Gasteiger partial charge in [0, 0.05) is 25.2 Å².